The molecular weight excluding hydrogens is 307 g/mol. The number of fused-ring (bicyclic) bond motifs is 1. The van der Waals surface area contributed by atoms with Gasteiger partial charge >= 0.3 is 0 Å². The second-order valence-electron chi connectivity index (χ2n) is 6.71. The number of hydrogen-bond acceptors (Lipinski definition) is 2. The van der Waals surface area contributed by atoms with Crippen molar-refractivity contribution in [3.63, 3.8) is 0 Å². The molecule has 0 saturated heterocycles. The fourth-order valence-corrected chi connectivity index (χ4v) is 3.67. The molecule has 1 fully saturated rings. The Hall–Kier alpha value is -2.30. The molecule has 1 aromatic carbocycles. The number of aromatic nitrogens is 1. The van der Waals surface area contributed by atoms with E-state index >= 15 is 0 Å². The van der Waals surface area contributed by atoms with Gasteiger partial charge in [-0.2, -0.15) is 0 Å². The first-order valence-electron chi connectivity index (χ1n) is 8.46. The van der Waals surface area contributed by atoms with Gasteiger partial charge in [-0.25, -0.2) is 4.39 Å². The lowest BCUT2D eigenvalue weighted by Crippen LogP contribution is -2.32. The molecule has 2 aliphatic rings. The Morgan fingerprint density at radius 2 is 2.08 bits per heavy atom. The van der Waals surface area contributed by atoms with Crippen molar-refractivity contribution < 1.29 is 13.9 Å². The molecule has 4 rings (SSSR count). The van der Waals surface area contributed by atoms with Gasteiger partial charge in [-0.15, -0.1) is 0 Å². The summed E-state index contributed by atoms with van der Waals surface area (Å²) in [6.45, 7) is 4.44. The smallest absolute Gasteiger partial charge is 0.253 e. The molecule has 1 amide bonds. The zero-order valence-corrected chi connectivity index (χ0v) is 13.9. The topological polar surface area (TPSA) is 43.3 Å². The summed E-state index contributed by atoms with van der Waals surface area (Å²) in [5, 5.41) is 3.06. The van der Waals surface area contributed by atoms with Crippen LogP contribution in [0.2, 0.25) is 0 Å². The molecule has 1 aliphatic heterocycles. The van der Waals surface area contributed by atoms with Crippen LogP contribution in [0.4, 0.5) is 4.39 Å². The van der Waals surface area contributed by atoms with Crippen LogP contribution in [0, 0.1) is 19.7 Å². The average Bonchev–Trinajstić information content (AvgIpc) is 3.34. The summed E-state index contributed by atoms with van der Waals surface area (Å²) in [6, 6.07) is 7.13. The number of hydrogen-bond donors (Lipinski definition) is 1. The Morgan fingerprint density at radius 1 is 1.29 bits per heavy atom. The van der Waals surface area contributed by atoms with Crippen LogP contribution in [0.1, 0.15) is 58.7 Å². The lowest BCUT2D eigenvalue weighted by molar-refractivity contribution is 0.0923. The number of ether oxygens (including phenoxy) is 1. The first kappa shape index (κ1) is 15.2. The van der Waals surface area contributed by atoms with Crippen molar-refractivity contribution >= 4 is 5.91 Å². The van der Waals surface area contributed by atoms with Crippen LogP contribution in [0.15, 0.2) is 24.3 Å². The van der Waals surface area contributed by atoms with Crippen molar-refractivity contribution in [3.8, 4) is 5.75 Å². The number of rotatable bonds is 3. The molecule has 24 heavy (non-hydrogen) atoms. The highest BCUT2D eigenvalue weighted by Crippen LogP contribution is 2.39. The Kier molecular flexibility index (Phi) is 3.59. The number of carbonyl (C=O) groups is 1. The van der Waals surface area contributed by atoms with Crippen LogP contribution >= 0.6 is 0 Å². The number of para-hydroxylation sites is 1. The highest BCUT2D eigenvalue weighted by molar-refractivity contribution is 5.96. The van der Waals surface area contributed by atoms with Gasteiger partial charge in [0.15, 0.2) is 11.6 Å². The van der Waals surface area contributed by atoms with E-state index in [1.165, 1.54) is 18.9 Å². The number of aryl methyl sites for hydroxylation is 1. The zero-order valence-electron chi connectivity index (χ0n) is 13.9. The van der Waals surface area contributed by atoms with Gasteiger partial charge in [0.25, 0.3) is 5.91 Å². The summed E-state index contributed by atoms with van der Waals surface area (Å²) in [4.78, 5) is 12.8. The minimum Gasteiger partial charge on any atom is -0.490 e. The molecular formula is C19H21FN2O2. The lowest BCUT2D eigenvalue weighted by Gasteiger charge is -2.27. The van der Waals surface area contributed by atoms with Crippen LogP contribution in [0.25, 0.3) is 0 Å². The van der Waals surface area contributed by atoms with Crippen LogP contribution < -0.4 is 10.1 Å². The summed E-state index contributed by atoms with van der Waals surface area (Å²) in [5.74, 6) is -0.215. The monoisotopic (exact) mass is 328 g/mol. The number of halogens is 1. The van der Waals surface area contributed by atoms with Crippen molar-refractivity contribution in [2.24, 2.45) is 0 Å². The molecule has 0 unspecified atom stereocenters. The third-order valence-corrected chi connectivity index (χ3v) is 4.97. The van der Waals surface area contributed by atoms with Gasteiger partial charge < -0.3 is 14.6 Å². The van der Waals surface area contributed by atoms with Crippen molar-refractivity contribution in [1.82, 2.24) is 9.88 Å². The first-order valence-corrected chi connectivity index (χ1v) is 8.46. The van der Waals surface area contributed by atoms with Gasteiger partial charge in [0.1, 0.15) is 0 Å². The maximum Gasteiger partial charge on any atom is 0.253 e. The van der Waals surface area contributed by atoms with E-state index in [0.717, 1.165) is 11.4 Å². The Bertz CT molecular complexity index is 808. The van der Waals surface area contributed by atoms with Gasteiger partial charge in [-0.1, -0.05) is 12.1 Å². The fourth-order valence-electron chi connectivity index (χ4n) is 3.67. The largest absolute Gasteiger partial charge is 0.490 e. The molecule has 2 aromatic rings. The summed E-state index contributed by atoms with van der Waals surface area (Å²) in [6.07, 6.45) is 3.01. The van der Waals surface area contributed by atoms with Gasteiger partial charge in [0, 0.05) is 29.4 Å². The number of benzene rings is 1. The van der Waals surface area contributed by atoms with Crippen LogP contribution in [-0.4, -0.2) is 17.1 Å². The Morgan fingerprint density at radius 3 is 2.83 bits per heavy atom. The maximum atomic E-state index is 13.9. The number of amides is 1. The van der Waals surface area contributed by atoms with Gasteiger partial charge in [-0.3, -0.25) is 4.79 Å². The van der Waals surface area contributed by atoms with Crippen molar-refractivity contribution in [1.29, 1.82) is 0 Å². The molecule has 0 bridgehead atoms. The fraction of sp³-hybridized carbons (Fsp3) is 0.421. The predicted octanol–water partition coefficient (Wildman–Crippen LogP) is 3.83. The van der Waals surface area contributed by atoms with E-state index in [-0.39, 0.29) is 23.5 Å². The standard InChI is InChI=1S/C19H21FN2O2/c1-11-10-15(12(2)22(11)13-6-7-13)19(23)21-17-8-9-24-18-14(17)4-3-5-16(18)20/h3-5,10,13,17H,6-9H2,1-2H3,(H,21,23)/t17-/m0/s1. The molecule has 126 valence electrons. The summed E-state index contributed by atoms with van der Waals surface area (Å²) in [7, 11) is 0. The van der Waals surface area contributed by atoms with E-state index < -0.39 is 0 Å². The van der Waals surface area contributed by atoms with Crippen LogP contribution in [-0.2, 0) is 0 Å². The van der Waals surface area contributed by atoms with E-state index in [1.54, 1.807) is 6.07 Å². The highest BCUT2D eigenvalue weighted by Gasteiger charge is 2.30. The van der Waals surface area contributed by atoms with E-state index in [2.05, 4.69) is 9.88 Å². The molecule has 1 saturated carbocycles. The molecule has 1 aliphatic carbocycles. The van der Waals surface area contributed by atoms with E-state index in [9.17, 15) is 9.18 Å². The lowest BCUT2D eigenvalue weighted by atomic mass is 10.00. The molecule has 0 radical (unpaired) electrons. The van der Waals surface area contributed by atoms with Crippen molar-refractivity contribution in [2.75, 3.05) is 6.61 Å². The van der Waals surface area contributed by atoms with E-state index in [4.69, 9.17) is 4.74 Å². The molecule has 1 atom stereocenters. The second-order valence-corrected chi connectivity index (χ2v) is 6.71. The van der Waals surface area contributed by atoms with Gasteiger partial charge in [0.2, 0.25) is 0 Å². The molecule has 1 N–H and O–H groups in total. The molecule has 4 nitrogen and oxygen atoms in total. The normalized spacial score (nSPS) is 19.5. The predicted molar refractivity (Wildman–Crippen MR) is 88.9 cm³/mol. The quantitative estimate of drug-likeness (QED) is 0.930. The third kappa shape index (κ3) is 2.48. The molecule has 2 heterocycles. The number of nitrogens with zero attached hydrogens (tertiary/aromatic N) is 1. The highest BCUT2D eigenvalue weighted by atomic mass is 19.1. The Labute approximate surface area is 140 Å². The summed E-state index contributed by atoms with van der Waals surface area (Å²) < 4.78 is 21.6. The minimum absolute atomic E-state index is 0.0999. The van der Waals surface area contributed by atoms with Gasteiger partial charge in [0.05, 0.1) is 18.2 Å². The number of nitrogens with one attached hydrogen (secondary N) is 1. The number of carbonyl (C=O) groups excluding carboxylic acids is 1. The average molecular weight is 328 g/mol. The first-order chi connectivity index (χ1) is 11.6. The summed E-state index contributed by atoms with van der Waals surface area (Å²) in [5.41, 5.74) is 3.56. The SMILES string of the molecule is Cc1cc(C(=O)N[C@H]2CCOc3c(F)cccc32)c(C)n1C1CC1. The molecule has 1 aromatic heterocycles. The van der Waals surface area contributed by atoms with Gasteiger partial charge in [-0.05, 0) is 38.8 Å². The molecule has 0 spiro atoms. The second kappa shape index (κ2) is 5.65. The maximum absolute atomic E-state index is 13.9. The van der Waals surface area contributed by atoms with Crippen molar-refractivity contribution in [3.05, 3.63) is 52.6 Å². The van der Waals surface area contributed by atoms with Crippen LogP contribution in [0.5, 0.6) is 5.75 Å². The minimum atomic E-state index is -0.377. The van der Waals surface area contributed by atoms with E-state index in [0.29, 0.717) is 30.2 Å². The van der Waals surface area contributed by atoms with Crippen LogP contribution in [0.3, 0.4) is 0 Å². The van der Waals surface area contributed by atoms with E-state index in [1.807, 2.05) is 26.0 Å². The van der Waals surface area contributed by atoms with Crippen molar-refractivity contribution in [2.45, 2.75) is 45.2 Å². The zero-order chi connectivity index (χ0) is 16.8. The summed E-state index contributed by atoms with van der Waals surface area (Å²) >= 11 is 0. The molecule has 5 heteroatoms. The Balaban J connectivity index is 1.60. The third-order valence-electron chi connectivity index (χ3n) is 4.97.